The molecule has 5 heterocycles. The monoisotopic (exact) mass is 1150 g/mol. The largest absolute Gasteiger partial charge is 0.396 e. The number of unbranched alkanes of at least 4 members (excludes halogenated alkanes) is 3. The fourth-order valence-corrected chi connectivity index (χ4v) is 12.1. The van der Waals surface area contributed by atoms with Gasteiger partial charge in [-0.15, -0.1) is 0 Å². The van der Waals surface area contributed by atoms with Crippen LogP contribution in [0.5, 0.6) is 0 Å². The Morgan fingerprint density at radius 1 is 0.759 bits per heavy atom. The van der Waals surface area contributed by atoms with E-state index >= 15 is 4.79 Å². The molecule has 0 radical (unpaired) electrons. The molecule has 3 fully saturated rings. The SMILES string of the molecule is CN1C(=O)CCC(n2c(=O)n(C)c3cc(CCCCCCC(=O)N4CC[C@H]5CC[C@@H](C(=O)N[C@@H](CCC(N)=O)C(=O)NC(c6ccccc6)c6ccccc6)N5C(=O)[C@@H](NC(=O)c5cc6cc(C(=O)P(=O)(O)O)ccc6[nH]5)C4)ccc32)C1=O. The number of imide groups is 1. The van der Waals surface area contributed by atoms with Gasteiger partial charge in [0.1, 0.15) is 29.9 Å². The second-order valence-corrected chi connectivity index (χ2v) is 23.1. The van der Waals surface area contributed by atoms with Gasteiger partial charge in [0.2, 0.25) is 35.4 Å². The molecule has 3 saturated heterocycles. The highest BCUT2D eigenvalue weighted by molar-refractivity contribution is 7.70. The second kappa shape index (κ2) is 25.3. The molecule has 0 aliphatic carbocycles. The number of carbonyl (C=O) groups is 9. The Balaban J connectivity index is 0.884. The van der Waals surface area contributed by atoms with Crippen molar-refractivity contribution in [2.24, 2.45) is 12.8 Å². The van der Waals surface area contributed by atoms with Crippen molar-refractivity contribution in [3.63, 3.8) is 0 Å². The lowest BCUT2D eigenvalue weighted by atomic mass is 9.98. The Morgan fingerprint density at radius 3 is 2.14 bits per heavy atom. The summed E-state index contributed by atoms with van der Waals surface area (Å²) >= 11 is 0. The average molecular weight is 1160 g/mol. The zero-order valence-electron chi connectivity index (χ0n) is 46.0. The number of imidazole rings is 1. The number of hydrogen-bond acceptors (Lipinski definition) is 11. The van der Waals surface area contributed by atoms with E-state index in [-0.39, 0.29) is 85.8 Å². The molecule has 436 valence electrons. The van der Waals surface area contributed by atoms with Gasteiger partial charge in [-0.1, -0.05) is 79.6 Å². The summed E-state index contributed by atoms with van der Waals surface area (Å²) < 4.78 is 14.7. The van der Waals surface area contributed by atoms with Gasteiger partial charge >= 0.3 is 13.3 Å². The third kappa shape index (κ3) is 13.2. The number of amides is 8. The third-order valence-electron chi connectivity index (χ3n) is 16.1. The Labute approximate surface area is 477 Å². The zero-order valence-corrected chi connectivity index (χ0v) is 46.9. The first kappa shape index (κ1) is 59.1. The molecule has 23 nitrogen and oxygen atoms in total. The Morgan fingerprint density at radius 2 is 1.46 bits per heavy atom. The van der Waals surface area contributed by atoms with Gasteiger partial charge < -0.3 is 46.3 Å². The number of aromatic nitrogens is 3. The van der Waals surface area contributed by atoms with E-state index in [4.69, 9.17) is 5.73 Å². The minimum atomic E-state index is -5.13. The summed E-state index contributed by atoms with van der Waals surface area (Å²) in [7, 11) is -2.05. The van der Waals surface area contributed by atoms with Crippen LogP contribution in [0.4, 0.5) is 0 Å². The van der Waals surface area contributed by atoms with Crippen molar-refractivity contribution < 1.29 is 57.5 Å². The number of primary amides is 1. The molecular weight excluding hydrogens is 1090 g/mol. The number of nitrogens with one attached hydrogen (secondary N) is 4. The molecule has 9 rings (SSSR count). The number of fused-ring (bicyclic) bond motifs is 3. The molecule has 8 N–H and O–H groups in total. The Hall–Kier alpha value is -8.53. The first-order valence-electron chi connectivity index (χ1n) is 27.8. The van der Waals surface area contributed by atoms with Crippen LogP contribution in [0.25, 0.3) is 21.9 Å². The topological polar surface area (TPSA) is 326 Å². The number of H-pyrrole nitrogens is 1. The summed E-state index contributed by atoms with van der Waals surface area (Å²) in [6, 6.07) is 23.5. The van der Waals surface area contributed by atoms with E-state index in [0.29, 0.717) is 48.7 Å². The number of likely N-dealkylation sites (tertiary alicyclic amines) is 1. The van der Waals surface area contributed by atoms with Crippen LogP contribution in [0.2, 0.25) is 0 Å². The van der Waals surface area contributed by atoms with E-state index in [9.17, 15) is 57.5 Å². The van der Waals surface area contributed by atoms with Crippen molar-refractivity contribution in [3.05, 3.63) is 142 Å². The van der Waals surface area contributed by atoms with Crippen LogP contribution in [-0.4, -0.2) is 136 Å². The highest BCUT2D eigenvalue weighted by atomic mass is 31.2. The summed E-state index contributed by atoms with van der Waals surface area (Å²) in [5.41, 5.74) is 7.58. The number of aryl methyl sites for hydroxylation is 2. The number of aromatic amines is 1. The van der Waals surface area contributed by atoms with Crippen LogP contribution in [0.3, 0.4) is 0 Å². The fraction of sp³-hybridized carbons (Fsp3) is 0.390. The third-order valence-corrected chi connectivity index (χ3v) is 16.9. The molecule has 8 amide bonds. The van der Waals surface area contributed by atoms with Gasteiger partial charge in [-0.3, -0.25) is 61.7 Å². The Kier molecular flexibility index (Phi) is 18.0. The molecule has 3 aliphatic rings. The van der Waals surface area contributed by atoms with E-state index < -0.39 is 84.8 Å². The molecule has 0 saturated carbocycles. The Bertz CT molecular complexity index is 3570. The number of benzene rings is 4. The first-order valence-corrected chi connectivity index (χ1v) is 29.4. The highest BCUT2D eigenvalue weighted by Crippen LogP contribution is 2.40. The number of nitrogens with two attached hydrogens (primary N) is 1. The van der Waals surface area contributed by atoms with Crippen molar-refractivity contribution in [3.8, 4) is 0 Å². The van der Waals surface area contributed by atoms with Gasteiger partial charge in [0.05, 0.1) is 17.1 Å². The van der Waals surface area contributed by atoms with E-state index in [1.54, 1.807) is 11.9 Å². The predicted molar refractivity (Wildman–Crippen MR) is 304 cm³/mol. The smallest absolute Gasteiger partial charge is 0.370 e. The molecule has 24 heteroatoms. The van der Waals surface area contributed by atoms with Crippen molar-refractivity contribution in [2.75, 3.05) is 20.1 Å². The average Bonchev–Trinajstić information content (AvgIpc) is 4.20. The minimum absolute atomic E-state index is 0.0709. The van der Waals surface area contributed by atoms with Gasteiger partial charge in [-0.05, 0) is 104 Å². The molecule has 0 bridgehead atoms. The molecule has 2 aromatic heterocycles. The van der Waals surface area contributed by atoms with E-state index in [1.807, 2.05) is 78.9 Å². The second-order valence-electron chi connectivity index (χ2n) is 21.6. The van der Waals surface area contributed by atoms with Gasteiger partial charge in [0.15, 0.2) is 0 Å². The van der Waals surface area contributed by atoms with E-state index in [2.05, 4.69) is 20.9 Å². The van der Waals surface area contributed by atoms with Crippen LogP contribution in [0.1, 0.15) is 127 Å². The molecular formula is C59H67N10O13P. The van der Waals surface area contributed by atoms with Crippen molar-refractivity contribution in [2.45, 2.75) is 120 Å². The lowest BCUT2D eigenvalue weighted by molar-refractivity contribution is -0.149. The van der Waals surface area contributed by atoms with Crippen LogP contribution in [0.15, 0.2) is 108 Å². The molecule has 3 aliphatic heterocycles. The maximum atomic E-state index is 15.1. The normalized spacial score (nSPS) is 18.9. The standard InChI is InChI=1S/C59H67N10O13P/c1-65-48-31-35(19-24-45(48)69(59(65)79)47-26-28-50(71)66(2)57(47)77)13-7-3-4-12-18-51(72)67-30-29-40-21-25-46(55(75)62-42(23-27-49(60)70)53(73)64-52(36-14-8-5-9-15-36)37-16-10-6-11-17-37)68(40)56(76)44(34-67)63-54(74)43-33-39-32-38(20-22-41(39)61-43)58(78)83(80,81)82/h5-6,8-11,14-17,19-20,22,24,31-33,40,42,44,46-47,52,61H,3-4,7,12-13,18,21,23,25-30,34H2,1-2H3,(H2,60,70)(H,62,75)(H,63,74)(H,64,73)(H2,80,81,82)/t40-,42+,44+,46+,47?/m1/s1. The molecule has 5 atom stereocenters. The van der Waals surface area contributed by atoms with Crippen LogP contribution in [0, 0.1) is 0 Å². The highest BCUT2D eigenvalue weighted by Gasteiger charge is 2.46. The van der Waals surface area contributed by atoms with Crippen LogP contribution in [-0.2, 0) is 51.6 Å². The zero-order chi connectivity index (χ0) is 59.3. The predicted octanol–water partition coefficient (Wildman–Crippen LogP) is 4.00. The maximum absolute atomic E-state index is 15.1. The number of hydrogen-bond donors (Lipinski definition) is 7. The number of carbonyl (C=O) groups excluding carboxylic acids is 9. The molecule has 0 spiro atoms. The summed E-state index contributed by atoms with van der Waals surface area (Å²) in [5, 5.41) is 8.90. The maximum Gasteiger partial charge on any atom is 0.396 e. The summed E-state index contributed by atoms with van der Waals surface area (Å²) in [6.07, 6.45) is 4.41. The summed E-state index contributed by atoms with van der Waals surface area (Å²) in [4.78, 5) is 161. The number of piperidine rings is 1. The number of likely N-dealkylation sites (N-methyl/N-ethyl adjacent to an activating group) is 1. The quantitative estimate of drug-likeness (QED) is 0.0305. The van der Waals surface area contributed by atoms with Gasteiger partial charge in [0.25, 0.3) is 17.3 Å². The van der Waals surface area contributed by atoms with Crippen molar-refractivity contribution >= 4 is 82.3 Å². The molecule has 6 aromatic rings. The molecule has 83 heavy (non-hydrogen) atoms. The van der Waals surface area contributed by atoms with Crippen LogP contribution >= 0.6 is 7.60 Å². The summed E-state index contributed by atoms with van der Waals surface area (Å²) in [6.45, 7) is -0.0836. The van der Waals surface area contributed by atoms with Gasteiger partial charge in [0, 0.05) is 69.0 Å². The van der Waals surface area contributed by atoms with E-state index in [0.717, 1.165) is 34.4 Å². The summed E-state index contributed by atoms with van der Waals surface area (Å²) in [5.74, 6) is -4.34. The van der Waals surface area contributed by atoms with Crippen molar-refractivity contribution in [1.29, 1.82) is 0 Å². The minimum Gasteiger partial charge on any atom is -0.370 e. The molecule has 4 aromatic carbocycles. The first-order chi connectivity index (χ1) is 39.7. The number of rotatable bonds is 21. The lowest BCUT2D eigenvalue weighted by Gasteiger charge is -2.39. The molecule has 1 unspecified atom stereocenters. The van der Waals surface area contributed by atoms with Crippen LogP contribution < -0.4 is 27.4 Å². The fourth-order valence-electron chi connectivity index (χ4n) is 11.6. The number of nitrogens with zero attached hydrogens (tertiary/aromatic N) is 5. The van der Waals surface area contributed by atoms with Crippen molar-refractivity contribution in [1.82, 2.24) is 44.8 Å². The lowest BCUT2D eigenvalue weighted by Crippen LogP contribution is -2.62. The van der Waals surface area contributed by atoms with Gasteiger partial charge in [-0.25, -0.2) is 4.79 Å². The van der Waals surface area contributed by atoms with E-state index in [1.165, 1.54) is 45.3 Å². The van der Waals surface area contributed by atoms with Gasteiger partial charge in [-0.2, -0.15) is 0 Å².